The summed E-state index contributed by atoms with van der Waals surface area (Å²) in [5.41, 5.74) is 3.56. The Balaban J connectivity index is 0.00000241. The number of nitrogens with one attached hydrogen (secondary N) is 1. The molecule has 0 radical (unpaired) electrons. The zero-order valence-electron chi connectivity index (χ0n) is 19.2. The number of anilines is 1. The van der Waals surface area contributed by atoms with Crippen molar-refractivity contribution in [3.8, 4) is 0 Å². The van der Waals surface area contributed by atoms with Gasteiger partial charge in [-0.1, -0.05) is 11.2 Å². The van der Waals surface area contributed by atoms with Gasteiger partial charge in [0.15, 0.2) is 15.9 Å². The van der Waals surface area contributed by atoms with E-state index in [4.69, 9.17) is 5.73 Å². The molecule has 2 aromatic heterocycles. The molecule has 0 aromatic carbocycles. The third-order valence-corrected chi connectivity index (χ3v) is 8.46. The van der Waals surface area contributed by atoms with Crippen LogP contribution < -0.4 is 40.6 Å². The van der Waals surface area contributed by atoms with Crippen LogP contribution in [0.5, 0.6) is 0 Å². The maximum atomic E-state index is 12.8. The minimum absolute atomic E-state index is 0. The number of carboxylic acids is 1. The minimum atomic E-state index is -4.61. The summed E-state index contributed by atoms with van der Waals surface area (Å²) in [4.78, 5) is 45.8. The van der Waals surface area contributed by atoms with Crippen molar-refractivity contribution in [1.29, 1.82) is 0 Å². The summed E-state index contributed by atoms with van der Waals surface area (Å²) in [6, 6.07) is -0.994. The number of carboxylic acid groups (broad SMARTS) is 1. The number of amides is 2. The number of thioether (sulfide) groups is 1. The van der Waals surface area contributed by atoms with Crippen molar-refractivity contribution in [2.24, 2.45) is 10.6 Å². The number of hydrogen-bond donors (Lipinski definition) is 4. The van der Waals surface area contributed by atoms with Gasteiger partial charge in [0.05, 0.1) is 0 Å². The first-order chi connectivity index (χ1) is 16.4. The molecule has 11 nitrogen and oxygen atoms in total. The Kier molecular flexibility index (Phi) is 8.41. The third-order valence-electron chi connectivity index (χ3n) is 5.23. The van der Waals surface area contributed by atoms with Gasteiger partial charge in [-0.25, -0.2) is 9.97 Å². The molecule has 2 aliphatic rings. The molecule has 4 rings (SSSR count). The molecule has 3 atom stereocenters. The van der Waals surface area contributed by atoms with Crippen molar-refractivity contribution in [3.63, 3.8) is 0 Å². The van der Waals surface area contributed by atoms with Gasteiger partial charge in [0.25, 0.3) is 5.91 Å². The first-order valence-electron chi connectivity index (χ1n) is 9.57. The first-order valence-corrected chi connectivity index (χ1v) is 12.3. The van der Waals surface area contributed by atoms with E-state index in [1.165, 1.54) is 22.4 Å². The van der Waals surface area contributed by atoms with Crippen molar-refractivity contribution in [2.75, 3.05) is 18.0 Å². The topological polar surface area (TPSA) is 171 Å². The number of oxime groups is 1. The molecule has 0 saturated carbocycles. The predicted octanol–water partition coefficient (Wildman–Crippen LogP) is -1.32. The van der Waals surface area contributed by atoms with Gasteiger partial charge < -0.3 is 27.7 Å². The quantitative estimate of drug-likeness (QED) is 0.108. The Hall–Kier alpha value is -2.18. The van der Waals surface area contributed by atoms with Crippen LogP contribution in [0.15, 0.2) is 22.8 Å². The van der Waals surface area contributed by atoms with Crippen LogP contribution >= 0.6 is 34.4 Å². The summed E-state index contributed by atoms with van der Waals surface area (Å²) in [7, 11) is 0. The number of halogens is 3. The van der Waals surface area contributed by atoms with Gasteiger partial charge >= 0.3 is 41.7 Å². The number of hydrogen-bond acceptors (Lipinski definition) is 11. The molecule has 0 bridgehead atoms. The number of nitrogens with two attached hydrogens (primary N) is 1. The summed E-state index contributed by atoms with van der Waals surface area (Å²) in [5, 5.41) is 24.3. The Labute approximate surface area is 236 Å². The molecule has 2 aliphatic heterocycles. The van der Waals surface area contributed by atoms with Crippen LogP contribution in [0.4, 0.5) is 18.3 Å². The fourth-order valence-electron chi connectivity index (χ4n) is 3.45. The SMILES string of the molecule is Nc1nc(C(=NO)C(=O)NC2C(=O)N3CC(C=Cc4cnc(C(F)(F)F)s4)(C(=O)O)CS[C@H]23)cs1.[H-].[Na+]. The summed E-state index contributed by atoms with van der Waals surface area (Å²) in [6.07, 6.45) is -1.11. The molecule has 2 aromatic rings. The average molecular weight is 573 g/mol. The molecule has 2 unspecified atom stereocenters. The largest absolute Gasteiger partial charge is 1.00 e. The summed E-state index contributed by atoms with van der Waals surface area (Å²) in [5.74, 6) is -2.68. The monoisotopic (exact) mass is 572 g/mol. The van der Waals surface area contributed by atoms with Crippen molar-refractivity contribution < 1.29 is 68.9 Å². The summed E-state index contributed by atoms with van der Waals surface area (Å²) >= 11 is 2.49. The Morgan fingerprint density at radius 1 is 1.42 bits per heavy atom. The number of β-lactam (4-membered cyclic amide) rings is 1. The number of carbonyl (C=O) groups is 3. The molecular weight excluding hydrogens is 556 g/mol. The zero-order chi connectivity index (χ0) is 25.5. The van der Waals surface area contributed by atoms with Gasteiger partial charge in [-0.15, -0.1) is 34.4 Å². The Morgan fingerprint density at radius 2 is 2.14 bits per heavy atom. The molecule has 0 spiro atoms. The second-order valence-electron chi connectivity index (χ2n) is 7.50. The average Bonchev–Trinajstić information content (AvgIpc) is 3.45. The fourth-order valence-corrected chi connectivity index (χ4v) is 6.20. The number of nitrogen functional groups attached to an aromatic ring is 1. The van der Waals surface area contributed by atoms with Crippen LogP contribution in [0, 0.1) is 5.41 Å². The van der Waals surface area contributed by atoms with Gasteiger partial charge in [-0.2, -0.15) is 13.2 Å². The molecular formula is C18H16F3N6NaO5S3. The van der Waals surface area contributed by atoms with Crippen LogP contribution in [0.3, 0.4) is 0 Å². The van der Waals surface area contributed by atoms with Crippen LogP contribution in [-0.2, 0) is 20.6 Å². The van der Waals surface area contributed by atoms with E-state index in [1.54, 1.807) is 0 Å². The van der Waals surface area contributed by atoms with Crippen LogP contribution in [0.25, 0.3) is 6.08 Å². The Bertz CT molecular complexity index is 1260. The second kappa shape index (κ2) is 10.7. The molecule has 18 heteroatoms. The number of rotatable bonds is 6. The molecule has 188 valence electrons. The van der Waals surface area contributed by atoms with Crippen LogP contribution in [0.1, 0.15) is 17.0 Å². The fraction of sp³-hybridized carbons (Fsp3) is 0.333. The summed E-state index contributed by atoms with van der Waals surface area (Å²) in [6.45, 7) is -0.240. The van der Waals surface area contributed by atoms with E-state index in [-0.39, 0.29) is 59.0 Å². The number of thiazole rings is 2. The summed E-state index contributed by atoms with van der Waals surface area (Å²) < 4.78 is 38.3. The second-order valence-corrected chi connectivity index (χ2v) is 10.6. The molecule has 4 heterocycles. The van der Waals surface area contributed by atoms with E-state index >= 15 is 0 Å². The van der Waals surface area contributed by atoms with Gasteiger partial charge in [-0.3, -0.25) is 14.4 Å². The van der Waals surface area contributed by atoms with E-state index in [0.29, 0.717) is 11.3 Å². The minimum Gasteiger partial charge on any atom is -1.00 e. The van der Waals surface area contributed by atoms with Gasteiger partial charge in [0.2, 0.25) is 5.91 Å². The number of nitrogens with zero attached hydrogens (tertiary/aromatic N) is 4. The van der Waals surface area contributed by atoms with E-state index < -0.39 is 51.5 Å². The van der Waals surface area contributed by atoms with Crippen molar-refractivity contribution in [1.82, 2.24) is 20.2 Å². The number of aromatic nitrogens is 2. The number of fused-ring (bicyclic) bond motifs is 1. The number of carbonyl (C=O) groups excluding carboxylic acids is 2. The van der Waals surface area contributed by atoms with Gasteiger partial charge in [-0.05, 0) is 6.08 Å². The van der Waals surface area contributed by atoms with Crippen LogP contribution in [-0.4, -0.2) is 72.4 Å². The molecule has 5 N–H and O–H groups in total. The maximum absolute atomic E-state index is 12.8. The predicted molar refractivity (Wildman–Crippen MR) is 122 cm³/mol. The van der Waals surface area contributed by atoms with E-state index in [9.17, 15) is 37.9 Å². The van der Waals surface area contributed by atoms with Crippen molar-refractivity contribution >= 4 is 69.1 Å². The zero-order valence-corrected chi connectivity index (χ0v) is 22.7. The normalized spacial score (nSPS) is 24.1. The van der Waals surface area contributed by atoms with Gasteiger partial charge in [0, 0.05) is 28.8 Å². The standard InChI is InChI=1S/C18H15F3N6O5S3.Na.H/c19-18(20,21)14-23-3-7(35-14)1-2-17(15(30)31)5-27-12(29)10(13(27)34-6-17)25-11(28)9(26-32)8-4-33-16(22)24-8;;/h1-4,10,13,32H,5-6H2,(H2,22,24)(H,25,28)(H,30,31);;/q;+1;-1/t10?,13-,17?;;/m1../s1. The third kappa shape index (κ3) is 5.40. The molecule has 2 saturated heterocycles. The molecule has 36 heavy (non-hydrogen) atoms. The van der Waals surface area contributed by atoms with E-state index in [1.807, 2.05) is 0 Å². The first kappa shape index (κ1) is 28.4. The van der Waals surface area contributed by atoms with Crippen LogP contribution in [0.2, 0.25) is 0 Å². The van der Waals surface area contributed by atoms with Crippen molar-refractivity contribution in [3.05, 3.63) is 33.2 Å². The molecule has 2 fully saturated rings. The maximum Gasteiger partial charge on any atom is 1.00 e. The van der Waals surface area contributed by atoms with Crippen molar-refractivity contribution in [2.45, 2.75) is 17.6 Å². The smallest absolute Gasteiger partial charge is 1.00 e. The van der Waals surface area contributed by atoms with Gasteiger partial charge in [0.1, 0.15) is 22.5 Å². The molecule has 2 amide bonds. The number of alkyl halides is 3. The Morgan fingerprint density at radius 3 is 2.69 bits per heavy atom. The van der Waals surface area contributed by atoms with E-state index in [2.05, 4.69) is 20.4 Å². The molecule has 0 aliphatic carbocycles. The number of aliphatic carboxylic acids is 1. The van der Waals surface area contributed by atoms with E-state index in [0.717, 1.165) is 29.3 Å².